The largest absolute Gasteiger partial charge is 0.327 e. The molecule has 0 saturated heterocycles. The maximum Gasteiger partial charge on any atom is 0.140 e. The van der Waals surface area contributed by atoms with Gasteiger partial charge in [0.1, 0.15) is 5.65 Å². The van der Waals surface area contributed by atoms with E-state index in [9.17, 15) is 0 Å². The molecule has 74 valence electrons. The molecule has 2 rings (SSSR count). The van der Waals surface area contributed by atoms with E-state index < -0.39 is 0 Å². The second-order valence-electron chi connectivity index (χ2n) is 4.42. The molecular formula is C11H13BrN2. The number of hydrogen-bond donors (Lipinski definition) is 0. The van der Waals surface area contributed by atoms with E-state index in [0.29, 0.717) is 0 Å². The number of nitrogens with zero attached hydrogens (tertiary/aromatic N) is 2. The highest BCUT2D eigenvalue weighted by molar-refractivity contribution is 9.10. The van der Waals surface area contributed by atoms with Gasteiger partial charge in [-0.25, -0.2) is 4.98 Å². The van der Waals surface area contributed by atoms with Crippen LogP contribution in [0.5, 0.6) is 0 Å². The summed E-state index contributed by atoms with van der Waals surface area (Å²) in [5.41, 5.74) is 1.13. The lowest BCUT2D eigenvalue weighted by Crippen LogP contribution is -2.20. The van der Waals surface area contributed by atoms with Crippen LogP contribution in [0.2, 0.25) is 0 Å². The highest BCUT2D eigenvalue weighted by atomic mass is 79.9. The second-order valence-corrected chi connectivity index (χ2v) is 5.34. The van der Waals surface area contributed by atoms with Crippen molar-refractivity contribution >= 4 is 27.0 Å². The summed E-state index contributed by atoms with van der Waals surface area (Å²) >= 11 is 3.42. The Hall–Kier alpha value is -0.830. The van der Waals surface area contributed by atoms with Gasteiger partial charge in [0.15, 0.2) is 0 Å². The first-order valence-corrected chi connectivity index (χ1v) is 5.41. The molecule has 0 amide bonds. The number of aromatic nitrogens is 2. The molecule has 0 aromatic carbocycles. The first kappa shape index (κ1) is 9.71. The third-order valence-corrected chi connectivity index (χ3v) is 2.65. The lowest BCUT2D eigenvalue weighted by Gasteiger charge is -2.21. The molecule has 3 heteroatoms. The maximum atomic E-state index is 4.42. The molecule has 2 aromatic heterocycles. The van der Waals surface area contributed by atoms with Gasteiger partial charge in [0.25, 0.3) is 0 Å². The second kappa shape index (κ2) is 3.09. The normalized spacial score (nSPS) is 12.3. The quantitative estimate of drug-likeness (QED) is 0.702. The summed E-state index contributed by atoms with van der Waals surface area (Å²) in [7, 11) is 0. The Bertz CT molecular complexity index is 466. The molecule has 0 saturated carbocycles. The third-order valence-electron chi connectivity index (χ3n) is 2.22. The molecular weight excluding hydrogens is 240 g/mol. The van der Waals surface area contributed by atoms with Crippen molar-refractivity contribution in [1.82, 2.24) is 9.55 Å². The predicted octanol–water partition coefficient (Wildman–Crippen LogP) is 3.55. The zero-order valence-corrected chi connectivity index (χ0v) is 10.2. The smallest absolute Gasteiger partial charge is 0.140 e. The predicted molar refractivity (Wildman–Crippen MR) is 62.4 cm³/mol. The van der Waals surface area contributed by atoms with Crippen LogP contribution >= 0.6 is 15.9 Å². The van der Waals surface area contributed by atoms with E-state index in [0.717, 1.165) is 10.1 Å². The minimum atomic E-state index is 0.0859. The van der Waals surface area contributed by atoms with Gasteiger partial charge >= 0.3 is 0 Å². The minimum Gasteiger partial charge on any atom is -0.327 e. The fraction of sp³-hybridized carbons (Fsp3) is 0.364. The van der Waals surface area contributed by atoms with Crippen molar-refractivity contribution in [1.29, 1.82) is 0 Å². The van der Waals surface area contributed by atoms with Crippen molar-refractivity contribution in [2.45, 2.75) is 26.3 Å². The summed E-state index contributed by atoms with van der Waals surface area (Å²) in [6.07, 6.45) is 3.93. The molecule has 0 bridgehead atoms. The van der Waals surface area contributed by atoms with Gasteiger partial charge in [0.05, 0.1) is 0 Å². The molecule has 0 aliphatic heterocycles. The van der Waals surface area contributed by atoms with Crippen molar-refractivity contribution in [3.8, 4) is 0 Å². The van der Waals surface area contributed by atoms with E-state index in [1.807, 2.05) is 6.20 Å². The van der Waals surface area contributed by atoms with Gasteiger partial charge in [-0.2, -0.15) is 0 Å². The maximum absolute atomic E-state index is 4.42. The van der Waals surface area contributed by atoms with Gasteiger partial charge in [0.2, 0.25) is 0 Å². The highest BCUT2D eigenvalue weighted by Gasteiger charge is 2.15. The Morgan fingerprint density at radius 1 is 1.36 bits per heavy atom. The van der Waals surface area contributed by atoms with Crippen molar-refractivity contribution in [2.24, 2.45) is 0 Å². The molecule has 0 fully saturated rings. The summed E-state index contributed by atoms with van der Waals surface area (Å²) in [6.45, 7) is 6.53. The van der Waals surface area contributed by atoms with Gasteiger partial charge in [-0.15, -0.1) is 0 Å². The van der Waals surface area contributed by atoms with E-state index in [1.165, 1.54) is 5.39 Å². The zero-order chi connectivity index (χ0) is 10.3. The molecule has 0 aliphatic rings. The highest BCUT2D eigenvalue weighted by Crippen LogP contribution is 2.24. The molecule has 0 unspecified atom stereocenters. The van der Waals surface area contributed by atoms with Crippen LogP contribution in [0, 0.1) is 0 Å². The molecule has 0 spiro atoms. The zero-order valence-electron chi connectivity index (χ0n) is 8.58. The molecule has 0 aliphatic carbocycles. The number of rotatable bonds is 0. The van der Waals surface area contributed by atoms with Gasteiger partial charge in [-0.1, -0.05) is 0 Å². The Morgan fingerprint density at radius 3 is 2.71 bits per heavy atom. The van der Waals surface area contributed by atoms with Crippen LogP contribution in [0.15, 0.2) is 29.0 Å². The van der Waals surface area contributed by atoms with Crippen LogP contribution in [-0.4, -0.2) is 9.55 Å². The van der Waals surface area contributed by atoms with Crippen LogP contribution in [0.1, 0.15) is 20.8 Å². The first-order valence-electron chi connectivity index (χ1n) is 4.61. The molecule has 14 heavy (non-hydrogen) atoms. The van der Waals surface area contributed by atoms with Crippen molar-refractivity contribution in [3.63, 3.8) is 0 Å². The van der Waals surface area contributed by atoms with E-state index in [-0.39, 0.29) is 5.54 Å². The lowest BCUT2D eigenvalue weighted by atomic mass is 10.1. The number of halogens is 1. The Morgan fingerprint density at radius 2 is 2.07 bits per heavy atom. The summed E-state index contributed by atoms with van der Waals surface area (Å²) in [5, 5.41) is 1.18. The van der Waals surface area contributed by atoms with Gasteiger partial charge < -0.3 is 4.57 Å². The molecule has 0 atom stereocenters. The van der Waals surface area contributed by atoms with Crippen LogP contribution < -0.4 is 0 Å². The molecule has 2 nitrogen and oxygen atoms in total. The van der Waals surface area contributed by atoms with Gasteiger partial charge in [0, 0.05) is 27.8 Å². The minimum absolute atomic E-state index is 0.0859. The van der Waals surface area contributed by atoms with Gasteiger partial charge in [-0.05, 0) is 48.8 Å². The number of hydrogen-bond acceptors (Lipinski definition) is 1. The molecule has 0 radical (unpaired) electrons. The Labute approximate surface area is 92.1 Å². The van der Waals surface area contributed by atoms with E-state index in [2.05, 4.69) is 64.6 Å². The van der Waals surface area contributed by atoms with Crippen LogP contribution in [0.4, 0.5) is 0 Å². The van der Waals surface area contributed by atoms with E-state index in [1.54, 1.807) is 0 Å². The van der Waals surface area contributed by atoms with Crippen molar-refractivity contribution < 1.29 is 0 Å². The summed E-state index contributed by atoms with van der Waals surface area (Å²) in [6, 6.07) is 4.18. The Balaban J connectivity index is 2.70. The number of fused-ring (bicyclic) bond motifs is 1. The van der Waals surface area contributed by atoms with Crippen molar-refractivity contribution in [2.75, 3.05) is 0 Å². The molecule has 2 heterocycles. The average molecular weight is 253 g/mol. The van der Waals surface area contributed by atoms with Crippen LogP contribution in [0.25, 0.3) is 11.0 Å². The Kier molecular flexibility index (Phi) is 2.14. The monoisotopic (exact) mass is 252 g/mol. The van der Waals surface area contributed by atoms with Crippen molar-refractivity contribution in [3.05, 3.63) is 29.0 Å². The topological polar surface area (TPSA) is 17.8 Å². The fourth-order valence-corrected chi connectivity index (χ4v) is 1.89. The third kappa shape index (κ3) is 1.57. The van der Waals surface area contributed by atoms with E-state index >= 15 is 0 Å². The van der Waals surface area contributed by atoms with Gasteiger partial charge in [-0.3, -0.25) is 0 Å². The number of pyridine rings is 1. The molecule has 2 aromatic rings. The average Bonchev–Trinajstić information content (AvgIpc) is 2.45. The first-order chi connectivity index (χ1) is 6.48. The lowest BCUT2D eigenvalue weighted by molar-refractivity contribution is 0.408. The summed E-state index contributed by atoms with van der Waals surface area (Å²) < 4.78 is 3.21. The fourth-order valence-electron chi connectivity index (χ4n) is 1.54. The van der Waals surface area contributed by atoms with Crippen LogP contribution in [-0.2, 0) is 5.54 Å². The standard InChI is InChI=1S/C11H13BrN2/c1-11(2,3)14-5-4-8-6-9(12)7-13-10(8)14/h4-7H,1-3H3. The van der Waals surface area contributed by atoms with E-state index in [4.69, 9.17) is 0 Å². The summed E-state index contributed by atoms with van der Waals surface area (Å²) in [4.78, 5) is 4.42. The van der Waals surface area contributed by atoms with Crippen LogP contribution in [0.3, 0.4) is 0 Å². The SMILES string of the molecule is CC(C)(C)n1ccc2cc(Br)cnc21. The summed E-state index contributed by atoms with van der Waals surface area (Å²) in [5.74, 6) is 0. The molecule has 0 N–H and O–H groups in total.